The smallest absolute Gasteiger partial charge is 0.213 e. The van der Waals surface area contributed by atoms with E-state index in [1.54, 1.807) is 0 Å². The molecule has 24 heavy (non-hydrogen) atoms. The van der Waals surface area contributed by atoms with Crippen molar-refractivity contribution in [1.29, 1.82) is 0 Å². The Bertz CT molecular complexity index is 1030. The van der Waals surface area contributed by atoms with Gasteiger partial charge in [-0.2, -0.15) is 0 Å². The molecule has 0 spiro atoms. The number of hydrogen-bond acceptors (Lipinski definition) is 3. The van der Waals surface area contributed by atoms with Crippen LogP contribution in [0.1, 0.15) is 5.56 Å². The third-order valence-corrected chi connectivity index (χ3v) is 4.29. The molecule has 0 saturated heterocycles. The van der Waals surface area contributed by atoms with E-state index in [1.807, 2.05) is 6.07 Å². The first-order valence-corrected chi connectivity index (χ1v) is 7.85. The fourth-order valence-corrected chi connectivity index (χ4v) is 3.07. The molecule has 4 heteroatoms. The highest BCUT2D eigenvalue weighted by Crippen LogP contribution is 2.29. The Morgan fingerprint density at radius 3 is 2.42 bits per heavy atom. The van der Waals surface area contributed by atoms with Crippen molar-refractivity contribution >= 4 is 10.8 Å². The second kappa shape index (κ2) is 5.81. The summed E-state index contributed by atoms with van der Waals surface area (Å²) in [6.45, 7) is 2.14. The van der Waals surface area contributed by atoms with Crippen molar-refractivity contribution in [2.24, 2.45) is 7.05 Å². The first kappa shape index (κ1) is 14.5. The SMILES string of the molecule is Cc1ccccc1-c1cc2c(-c3ncncn3)cccc2c[n+]1C. The molecule has 0 aliphatic heterocycles. The van der Waals surface area contributed by atoms with Crippen LogP contribution in [0, 0.1) is 6.92 Å². The summed E-state index contributed by atoms with van der Waals surface area (Å²) in [5, 5.41) is 2.30. The lowest BCUT2D eigenvalue weighted by Crippen LogP contribution is -2.30. The van der Waals surface area contributed by atoms with Gasteiger partial charge >= 0.3 is 0 Å². The van der Waals surface area contributed by atoms with Crippen LogP contribution in [0.4, 0.5) is 0 Å². The number of hydrogen-bond donors (Lipinski definition) is 0. The van der Waals surface area contributed by atoms with Crippen LogP contribution < -0.4 is 4.57 Å². The summed E-state index contributed by atoms with van der Waals surface area (Å²) >= 11 is 0. The Morgan fingerprint density at radius 2 is 1.62 bits per heavy atom. The molecule has 4 aromatic rings. The van der Waals surface area contributed by atoms with E-state index in [9.17, 15) is 0 Å². The summed E-state index contributed by atoms with van der Waals surface area (Å²) in [5.74, 6) is 0.695. The van der Waals surface area contributed by atoms with Crippen LogP contribution in [0.5, 0.6) is 0 Å². The molecule has 0 amide bonds. The minimum absolute atomic E-state index is 0.695. The van der Waals surface area contributed by atoms with Gasteiger partial charge in [-0.1, -0.05) is 30.3 Å². The summed E-state index contributed by atoms with van der Waals surface area (Å²) in [5.41, 5.74) is 4.67. The lowest BCUT2D eigenvalue weighted by Gasteiger charge is -2.08. The molecule has 0 aliphatic rings. The molecule has 116 valence electrons. The molecule has 2 aromatic heterocycles. The molecule has 4 rings (SSSR count). The van der Waals surface area contributed by atoms with Gasteiger partial charge in [0.2, 0.25) is 5.69 Å². The zero-order valence-corrected chi connectivity index (χ0v) is 13.6. The van der Waals surface area contributed by atoms with Gasteiger partial charge in [0.25, 0.3) is 0 Å². The van der Waals surface area contributed by atoms with Gasteiger partial charge in [0.1, 0.15) is 19.7 Å². The molecule has 0 N–H and O–H groups in total. The number of aryl methyl sites for hydroxylation is 2. The van der Waals surface area contributed by atoms with E-state index < -0.39 is 0 Å². The Labute approximate surface area is 140 Å². The van der Waals surface area contributed by atoms with Crippen LogP contribution in [-0.2, 0) is 7.05 Å². The van der Waals surface area contributed by atoms with Crippen molar-refractivity contribution in [1.82, 2.24) is 15.0 Å². The van der Waals surface area contributed by atoms with Crippen LogP contribution in [0.2, 0.25) is 0 Å². The number of pyridine rings is 1. The topological polar surface area (TPSA) is 42.6 Å². The molecule has 4 nitrogen and oxygen atoms in total. The highest BCUT2D eigenvalue weighted by Gasteiger charge is 2.16. The van der Waals surface area contributed by atoms with Crippen LogP contribution in [-0.4, -0.2) is 15.0 Å². The monoisotopic (exact) mass is 313 g/mol. The molecule has 0 fully saturated rings. The second-order valence-corrected chi connectivity index (χ2v) is 5.85. The Hall–Kier alpha value is -3.14. The van der Waals surface area contributed by atoms with Crippen molar-refractivity contribution in [2.45, 2.75) is 6.92 Å². The number of rotatable bonds is 2. The average molecular weight is 313 g/mol. The fourth-order valence-electron chi connectivity index (χ4n) is 3.07. The summed E-state index contributed by atoms with van der Waals surface area (Å²) in [6, 6.07) is 16.9. The van der Waals surface area contributed by atoms with Crippen molar-refractivity contribution in [3.05, 3.63) is 72.9 Å². The van der Waals surface area contributed by atoms with Gasteiger partial charge in [0, 0.05) is 28.0 Å². The highest BCUT2D eigenvalue weighted by molar-refractivity contribution is 5.95. The Balaban J connectivity index is 2.02. The van der Waals surface area contributed by atoms with Gasteiger partial charge in [-0.3, -0.25) is 0 Å². The van der Waals surface area contributed by atoms with Gasteiger partial charge in [-0.25, -0.2) is 19.5 Å². The molecule has 0 saturated carbocycles. The minimum atomic E-state index is 0.695. The van der Waals surface area contributed by atoms with E-state index in [4.69, 9.17) is 0 Å². The molecule has 0 radical (unpaired) electrons. The number of aromatic nitrogens is 4. The van der Waals surface area contributed by atoms with Crippen molar-refractivity contribution in [3.63, 3.8) is 0 Å². The molecule has 0 aliphatic carbocycles. The maximum atomic E-state index is 4.31. The van der Waals surface area contributed by atoms with Crippen LogP contribution in [0.3, 0.4) is 0 Å². The average Bonchev–Trinajstić information content (AvgIpc) is 2.62. The van der Waals surface area contributed by atoms with Crippen molar-refractivity contribution < 1.29 is 4.57 Å². The van der Waals surface area contributed by atoms with E-state index in [0.29, 0.717) is 5.82 Å². The normalized spacial score (nSPS) is 10.9. The maximum Gasteiger partial charge on any atom is 0.213 e. The summed E-state index contributed by atoms with van der Waals surface area (Å²) in [7, 11) is 2.08. The Kier molecular flexibility index (Phi) is 3.50. The summed E-state index contributed by atoms with van der Waals surface area (Å²) in [4.78, 5) is 12.5. The molecule has 0 bridgehead atoms. The van der Waals surface area contributed by atoms with Gasteiger partial charge in [0.15, 0.2) is 12.0 Å². The third kappa shape index (κ3) is 2.42. The van der Waals surface area contributed by atoms with Crippen molar-refractivity contribution in [2.75, 3.05) is 0 Å². The Morgan fingerprint density at radius 1 is 0.875 bits per heavy atom. The molecule has 0 atom stereocenters. The number of nitrogens with zero attached hydrogens (tertiary/aromatic N) is 4. The standard InChI is InChI=1S/C20H17N4/c1-14-6-3-4-8-16(14)19-10-18-15(11-24(19)2)7-5-9-17(18)20-22-12-21-13-23-20/h3-13H,1-2H3/q+1. The first-order chi connectivity index (χ1) is 11.7. The third-order valence-electron chi connectivity index (χ3n) is 4.29. The van der Waals surface area contributed by atoms with Gasteiger partial charge < -0.3 is 0 Å². The number of fused-ring (bicyclic) bond motifs is 1. The first-order valence-electron chi connectivity index (χ1n) is 7.85. The lowest BCUT2D eigenvalue weighted by molar-refractivity contribution is -0.659. The largest absolute Gasteiger partial charge is 0.225 e. The van der Waals surface area contributed by atoms with Crippen molar-refractivity contribution in [3.8, 4) is 22.6 Å². The van der Waals surface area contributed by atoms with Crippen LogP contribution in [0.15, 0.2) is 67.4 Å². The molecular weight excluding hydrogens is 296 g/mol. The van der Waals surface area contributed by atoms with E-state index in [-0.39, 0.29) is 0 Å². The molecule has 2 heterocycles. The van der Waals surface area contributed by atoms with E-state index >= 15 is 0 Å². The minimum Gasteiger partial charge on any atom is -0.225 e. The van der Waals surface area contributed by atoms with E-state index in [2.05, 4.69) is 82.2 Å². The molecular formula is C20H17N4+. The summed E-state index contributed by atoms with van der Waals surface area (Å²) in [6.07, 6.45) is 5.22. The van der Waals surface area contributed by atoms with Crippen LogP contribution >= 0.6 is 0 Å². The second-order valence-electron chi connectivity index (χ2n) is 5.85. The quantitative estimate of drug-likeness (QED) is 0.532. The molecule has 2 aromatic carbocycles. The number of benzene rings is 2. The predicted molar refractivity (Wildman–Crippen MR) is 94.1 cm³/mol. The van der Waals surface area contributed by atoms with E-state index in [1.165, 1.54) is 29.5 Å². The molecule has 0 unspecified atom stereocenters. The highest BCUT2D eigenvalue weighted by atomic mass is 15.0. The fraction of sp³-hybridized carbons (Fsp3) is 0.100. The summed E-state index contributed by atoms with van der Waals surface area (Å²) < 4.78 is 2.17. The zero-order chi connectivity index (χ0) is 16.5. The maximum absolute atomic E-state index is 4.31. The van der Waals surface area contributed by atoms with Gasteiger partial charge in [0.05, 0.1) is 0 Å². The van der Waals surface area contributed by atoms with Gasteiger partial charge in [-0.05, 0) is 24.6 Å². The predicted octanol–water partition coefficient (Wildman–Crippen LogP) is 3.49. The van der Waals surface area contributed by atoms with Gasteiger partial charge in [-0.15, -0.1) is 0 Å². The van der Waals surface area contributed by atoms with Crippen LogP contribution in [0.25, 0.3) is 33.4 Å². The zero-order valence-electron chi connectivity index (χ0n) is 13.6. The lowest BCUT2D eigenvalue weighted by atomic mass is 10.00. The van der Waals surface area contributed by atoms with E-state index in [0.717, 1.165) is 16.3 Å².